The van der Waals surface area contributed by atoms with Crippen LogP contribution >= 0.6 is 0 Å². The van der Waals surface area contributed by atoms with Gasteiger partial charge in [0.05, 0.1) is 5.56 Å². The Morgan fingerprint density at radius 1 is 0.963 bits per heavy atom. The Balaban J connectivity index is 1.67. The maximum Gasteiger partial charge on any atom is 0.339 e. The molecule has 0 saturated carbocycles. The minimum Gasteiger partial charge on any atom is -0.452 e. The molecule has 3 rings (SSSR count). The standard InChI is InChI=1S/C23H23NO3/c1-3-16(2)18-11-6-7-14-21(18)24-22(25)15-27-23(26)20-13-8-10-17-9-4-5-12-19(17)20/h4-14,16H,3,15H2,1-2H3,(H,24,25)/t16-/m0/s1. The lowest BCUT2D eigenvalue weighted by atomic mass is 9.97. The van der Waals surface area contributed by atoms with Crippen LogP contribution in [0.1, 0.15) is 42.1 Å². The molecule has 1 N–H and O–H groups in total. The molecule has 0 aliphatic rings. The molecule has 0 saturated heterocycles. The van der Waals surface area contributed by atoms with Crippen molar-refractivity contribution in [2.75, 3.05) is 11.9 Å². The Morgan fingerprint density at radius 2 is 1.67 bits per heavy atom. The number of carbonyl (C=O) groups is 2. The summed E-state index contributed by atoms with van der Waals surface area (Å²) in [4.78, 5) is 24.7. The van der Waals surface area contributed by atoms with Crippen LogP contribution in [-0.4, -0.2) is 18.5 Å². The van der Waals surface area contributed by atoms with E-state index in [1.54, 1.807) is 12.1 Å². The number of benzene rings is 3. The summed E-state index contributed by atoms with van der Waals surface area (Å²) in [6.07, 6.45) is 0.975. The van der Waals surface area contributed by atoms with Crippen LogP contribution in [0.15, 0.2) is 66.7 Å². The highest BCUT2D eigenvalue weighted by molar-refractivity contribution is 6.05. The zero-order chi connectivity index (χ0) is 19.2. The topological polar surface area (TPSA) is 55.4 Å². The van der Waals surface area contributed by atoms with Crippen molar-refractivity contribution in [3.8, 4) is 0 Å². The number of nitrogens with one attached hydrogen (secondary N) is 1. The fraction of sp³-hybridized carbons (Fsp3) is 0.217. The molecule has 1 atom stereocenters. The third kappa shape index (κ3) is 4.34. The van der Waals surface area contributed by atoms with Crippen molar-refractivity contribution < 1.29 is 14.3 Å². The third-order valence-corrected chi connectivity index (χ3v) is 4.72. The first-order chi connectivity index (χ1) is 13.1. The molecule has 4 heteroatoms. The molecule has 27 heavy (non-hydrogen) atoms. The molecule has 1 amide bonds. The number of ether oxygens (including phenoxy) is 1. The first-order valence-electron chi connectivity index (χ1n) is 9.13. The average molecular weight is 361 g/mol. The van der Waals surface area contributed by atoms with E-state index in [-0.39, 0.29) is 12.5 Å². The number of hydrogen-bond donors (Lipinski definition) is 1. The van der Waals surface area contributed by atoms with Gasteiger partial charge < -0.3 is 10.1 Å². The minimum absolute atomic E-state index is 0.323. The molecule has 0 radical (unpaired) electrons. The van der Waals surface area contributed by atoms with E-state index < -0.39 is 5.97 Å². The molecule has 0 aliphatic heterocycles. The molecule has 3 aromatic carbocycles. The summed E-state index contributed by atoms with van der Waals surface area (Å²) in [5, 5.41) is 4.62. The number of rotatable bonds is 6. The second-order valence-electron chi connectivity index (χ2n) is 6.55. The molecule has 0 aliphatic carbocycles. The zero-order valence-electron chi connectivity index (χ0n) is 15.6. The molecule has 0 unspecified atom stereocenters. The van der Waals surface area contributed by atoms with Crippen LogP contribution in [0, 0.1) is 0 Å². The zero-order valence-corrected chi connectivity index (χ0v) is 15.6. The van der Waals surface area contributed by atoms with Crippen LogP contribution in [0.25, 0.3) is 10.8 Å². The van der Waals surface area contributed by atoms with Gasteiger partial charge in [-0.3, -0.25) is 4.79 Å². The van der Waals surface area contributed by atoms with Gasteiger partial charge in [-0.1, -0.05) is 68.4 Å². The largest absolute Gasteiger partial charge is 0.452 e. The molecular formula is C23H23NO3. The molecule has 0 heterocycles. The van der Waals surface area contributed by atoms with Crippen molar-refractivity contribution in [2.24, 2.45) is 0 Å². The third-order valence-electron chi connectivity index (χ3n) is 4.72. The van der Waals surface area contributed by atoms with Crippen LogP contribution in [0.5, 0.6) is 0 Å². The Hall–Kier alpha value is -3.14. The predicted molar refractivity (Wildman–Crippen MR) is 108 cm³/mol. The average Bonchev–Trinajstić information content (AvgIpc) is 2.71. The van der Waals surface area contributed by atoms with Gasteiger partial charge in [-0.15, -0.1) is 0 Å². The molecule has 3 aromatic rings. The van der Waals surface area contributed by atoms with Crippen molar-refractivity contribution in [1.82, 2.24) is 0 Å². The summed E-state index contributed by atoms with van der Waals surface area (Å²) in [5.74, 6) is -0.517. The van der Waals surface area contributed by atoms with E-state index in [9.17, 15) is 9.59 Å². The van der Waals surface area contributed by atoms with E-state index >= 15 is 0 Å². The number of fused-ring (bicyclic) bond motifs is 1. The molecule has 0 bridgehead atoms. The van der Waals surface area contributed by atoms with Crippen LogP contribution < -0.4 is 5.32 Å². The molecule has 0 aromatic heterocycles. The minimum atomic E-state index is -0.503. The maximum absolute atomic E-state index is 12.4. The van der Waals surface area contributed by atoms with Crippen molar-refractivity contribution in [1.29, 1.82) is 0 Å². The summed E-state index contributed by atoms with van der Waals surface area (Å²) in [6.45, 7) is 3.90. The highest BCUT2D eigenvalue weighted by atomic mass is 16.5. The Kier molecular flexibility index (Phi) is 5.87. The van der Waals surface area contributed by atoms with Crippen LogP contribution in [0.2, 0.25) is 0 Å². The lowest BCUT2D eigenvalue weighted by molar-refractivity contribution is -0.119. The molecule has 138 valence electrons. The van der Waals surface area contributed by atoms with Crippen LogP contribution in [0.3, 0.4) is 0 Å². The fourth-order valence-corrected chi connectivity index (χ4v) is 3.06. The molecular weight excluding hydrogens is 338 g/mol. The van der Waals surface area contributed by atoms with Crippen LogP contribution in [0.4, 0.5) is 5.69 Å². The quantitative estimate of drug-likeness (QED) is 0.618. The normalized spacial score (nSPS) is 11.8. The lowest BCUT2D eigenvalue weighted by Crippen LogP contribution is -2.21. The second kappa shape index (κ2) is 8.49. The van der Waals surface area contributed by atoms with Gasteiger partial charge in [0.2, 0.25) is 0 Å². The maximum atomic E-state index is 12.4. The van der Waals surface area contributed by atoms with Gasteiger partial charge in [0.1, 0.15) is 0 Å². The van der Waals surface area contributed by atoms with Gasteiger partial charge in [0.25, 0.3) is 5.91 Å². The van der Waals surface area contributed by atoms with E-state index in [4.69, 9.17) is 4.74 Å². The molecule has 4 nitrogen and oxygen atoms in total. The van der Waals surface area contributed by atoms with E-state index in [1.807, 2.05) is 54.6 Å². The van der Waals surface area contributed by atoms with Gasteiger partial charge >= 0.3 is 5.97 Å². The molecule has 0 spiro atoms. The lowest BCUT2D eigenvalue weighted by Gasteiger charge is -2.15. The van der Waals surface area contributed by atoms with Gasteiger partial charge in [0.15, 0.2) is 6.61 Å². The summed E-state index contributed by atoms with van der Waals surface area (Å²) >= 11 is 0. The first kappa shape index (κ1) is 18.6. The van der Waals surface area contributed by atoms with Crippen LogP contribution in [-0.2, 0) is 9.53 Å². The fourth-order valence-electron chi connectivity index (χ4n) is 3.06. The highest BCUT2D eigenvalue weighted by Gasteiger charge is 2.15. The van der Waals surface area contributed by atoms with Gasteiger partial charge in [-0.2, -0.15) is 0 Å². The summed E-state index contributed by atoms with van der Waals surface area (Å²) in [6, 6.07) is 20.8. The van der Waals surface area contributed by atoms with Gasteiger partial charge in [-0.05, 0) is 40.8 Å². The summed E-state index contributed by atoms with van der Waals surface area (Å²) < 4.78 is 5.25. The molecule has 0 fully saturated rings. The number of esters is 1. The monoisotopic (exact) mass is 361 g/mol. The summed E-state index contributed by atoms with van der Waals surface area (Å²) in [7, 11) is 0. The Labute approximate surface area is 159 Å². The number of anilines is 1. The van der Waals surface area contributed by atoms with E-state index in [2.05, 4.69) is 19.2 Å². The number of para-hydroxylation sites is 1. The van der Waals surface area contributed by atoms with Crippen molar-refractivity contribution >= 4 is 28.3 Å². The van der Waals surface area contributed by atoms with E-state index in [1.165, 1.54) is 0 Å². The summed E-state index contributed by atoms with van der Waals surface area (Å²) in [5.41, 5.74) is 2.30. The number of hydrogen-bond acceptors (Lipinski definition) is 3. The smallest absolute Gasteiger partial charge is 0.339 e. The predicted octanol–water partition coefficient (Wildman–Crippen LogP) is 5.15. The number of amides is 1. The van der Waals surface area contributed by atoms with Crippen molar-refractivity contribution in [3.63, 3.8) is 0 Å². The van der Waals surface area contributed by atoms with Crippen molar-refractivity contribution in [3.05, 3.63) is 77.9 Å². The van der Waals surface area contributed by atoms with Gasteiger partial charge in [0, 0.05) is 5.69 Å². The Bertz CT molecular complexity index is 959. The van der Waals surface area contributed by atoms with E-state index in [0.29, 0.717) is 11.5 Å². The van der Waals surface area contributed by atoms with Crippen molar-refractivity contribution in [2.45, 2.75) is 26.2 Å². The highest BCUT2D eigenvalue weighted by Crippen LogP contribution is 2.26. The number of carbonyl (C=O) groups excluding carboxylic acids is 2. The Morgan fingerprint density at radius 3 is 2.48 bits per heavy atom. The second-order valence-corrected chi connectivity index (χ2v) is 6.55. The SMILES string of the molecule is CC[C@H](C)c1ccccc1NC(=O)COC(=O)c1cccc2ccccc12. The first-order valence-corrected chi connectivity index (χ1v) is 9.13. The van der Waals surface area contributed by atoms with E-state index in [0.717, 1.165) is 28.4 Å². The van der Waals surface area contributed by atoms with Gasteiger partial charge in [-0.25, -0.2) is 4.79 Å².